The summed E-state index contributed by atoms with van der Waals surface area (Å²) in [5.74, 6) is 0.759. The topological polar surface area (TPSA) is 65.9 Å². The lowest BCUT2D eigenvalue weighted by Gasteiger charge is -2.05. The summed E-state index contributed by atoms with van der Waals surface area (Å²) in [7, 11) is 0. The average Bonchev–Trinajstić information content (AvgIpc) is 2.31. The molecule has 2 aromatic rings. The Bertz CT molecular complexity index is 638. The molecule has 1 aromatic heterocycles. The predicted octanol–water partition coefficient (Wildman–Crippen LogP) is 1.99. The summed E-state index contributed by atoms with van der Waals surface area (Å²) in [5, 5.41) is 9.50. The Labute approximate surface area is 98.5 Å². The standard InChI is InChI=1S/C13H12N2O2/c1-2-17-11-3-4-12-10(8-11)7-9(5-6-14)13(16)15-12/h3-4,7-8H,2,5H2,1H3,(H,15,16). The first kappa shape index (κ1) is 11.2. The molecule has 0 spiro atoms. The number of pyridine rings is 1. The van der Waals surface area contributed by atoms with Gasteiger partial charge in [-0.15, -0.1) is 0 Å². The minimum atomic E-state index is -0.205. The van der Waals surface area contributed by atoms with E-state index in [-0.39, 0.29) is 12.0 Å². The summed E-state index contributed by atoms with van der Waals surface area (Å²) in [5.41, 5.74) is 1.03. The Morgan fingerprint density at radius 2 is 2.24 bits per heavy atom. The fraction of sp³-hybridized carbons (Fsp3) is 0.231. The summed E-state index contributed by atoms with van der Waals surface area (Å²) < 4.78 is 5.39. The zero-order chi connectivity index (χ0) is 12.3. The highest BCUT2D eigenvalue weighted by Crippen LogP contribution is 2.19. The number of aromatic nitrogens is 1. The van der Waals surface area contributed by atoms with Gasteiger partial charge < -0.3 is 9.72 Å². The van der Waals surface area contributed by atoms with Crippen LogP contribution in [0.4, 0.5) is 0 Å². The van der Waals surface area contributed by atoms with Gasteiger partial charge >= 0.3 is 0 Å². The van der Waals surface area contributed by atoms with Crippen LogP contribution in [-0.4, -0.2) is 11.6 Å². The molecule has 0 radical (unpaired) electrons. The number of hydrogen-bond acceptors (Lipinski definition) is 3. The highest BCUT2D eigenvalue weighted by molar-refractivity contribution is 5.80. The van der Waals surface area contributed by atoms with Crippen LogP contribution in [0.15, 0.2) is 29.1 Å². The highest BCUT2D eigenvalue weighted by Gasteiger charge is 2.03. The Morgan fingerprint density at radius 3 is 2.94 bits per heavy atom. The van der Waals surface area contributed by atoms with E-state index < -0.39 is 0 Å². The van der Waals surface area contributed by atoms with Crippen molar-refractivity contribution in [3.8, 4) is 11.8 Å². The number of nitriles is 1. The Morgan fingerprint density at radius 1 is 1.41 bits per heavy atom. The molecule has 1 N–H and O–H groups in total. The van der Waals surface area contributed by atoms with Crippen LogP contribution >= 0.6 is 0 Å². The van der Waals surface area contributed by atoms with Crippen LogP contribution in [-0.2, 0) is 6.42 Å². The van der Waals surface area contributed by atoms with E-state index in [1.165, 1.54) is 0 Å². The van der Waals surface area contributed by atoms with Crippen molar-refractivity contribution in [3.63, 3.8) is 0 Å². The fourth-order valence-electron chi connectivity index (χ4n) is 1.70. The van der Waals surface area contributed by atoms with Crippen LogP contribution in [0, 0.1) is 11.3 Å². The van der Waals surface area contributed by atoms with Gasteiger partial charge in [0.25, 0.3) is 5.56 Å². The van der Waals surface area contributed by atoms with Crippen LogP contribution in [0.2, 0.25) is 0 Å². The van der Waals surface area contributed by atoms with Crippen molar-refractivity contribution in [2.45, 2.75) is 13.3 Å². The van der Waals surface area contributed by atoms with Gasteiger partial charge in [-0.25, -0.2) is 0 Å². The molecule has 0 saturated heterocycles. The molecule has 2 rings (SSSR count). The van der Waals surface area contributed by atoms with Crippen LogP contribution < -0.4 is 10.3 Å². The number of nitrogens with zero attached hydrogens (tertiary/aromatic N) is 1. The molecule has 1 aromatic carbocycles. The molecule has 0 aliphatic carbocycles. The molecule has 17 heavy (non-hydrogen) atoms. The maximum atomic E-state index is 11.6. The Hall–Kier alpha value is -2.28. The molecule has 0 atom stereocenters. The molecular formula is C13H12N2O2. The van der Waals surface area contributed by atoms with Crippen LogP contribution in [0.5, 0.6) is 5.75 Å². The van der Waals surface area contributed by atoms with Crippen molar-refractivity contribution >= 4 is 10.9 Å². The van der Waals surface area contributed by atoms with E-state index in [4.69, 9.17) is 10.00 Å². The van der Waals surface area contributed by atoms with E-state index in [1.807, 2.05) is 25.1 Å². The maximum Gasteiger partial charge on any atom is 0.252 e. The van der Waals surface area contributed by atoms with Gasteiger partial charge in [-0.1, -0.05) is 0 Å². The molecule has 0 aliphatic heterocycles. The third-order valence-corrected chi connectivity index (χ3v) is 2.47. The number of hydrogen-bond donors (Lipinski definition) is 1. The van der Waals surface area contributed by atoms with Crippen LogP contribution in [0.3, 0.4) is 0 Å². The lowest BCUT2D eigenvalue weighted by Crippen LogP contribution is -2.11. The number of ether oxygens (including phenoxy) is 1. The summed E-state index contributed by atoms with van der Waals surface area (Å²) in [6.07, 6.45) is 0.115. The number of nitrogens with one attached hydrogen (secondary N) is 1. The van der Waals surface area contributed by atoms with Crippen molar-refractivity contribution in [2.24, 2.45) is 0 Å². The first-order valence-corrected chi connectivity index (χ1v) is 5.40. The largest absolute Gasteiger partial charge is 0.494 e. The molecule has 0 saturated carbocycles. The minimum absolute atomic E-state index is 0.115. The molecule has 0 aliphatic rings. The first-order valence-electron chi connectivity index (χ1n) is 5.40. The van der Waals surface area contributed by atoms with Gasteiger partial charge in [0.15, 0.2) is 0 Å². The number of fused-ring (bicyclic) bond motifs is 1. The van der Waals surface area contributed by atoms with E-state index >= 15 is 0 Å². The molecule has 0 amide bonds. The van der Waals surface area contributed by atoms with Crippen molar-refractivity contribution in [1.29, 1.82) is 5.26 Å². The van der Waals surface area contributed by atoms with E-state index in [1.54, 1.807) is 12.1 Å². The second-order valence-electron chi connectivity index (χ2n) is 3.64. The quantitative estimate of drug-likeness (QED) is 0.873. The summed E-state index contributed by atoms with van der Waals surface area (Å²) in [4.78, 5) is 14.3. The molecule has 4 nitrogen and oxygen atoms in total. The third kappa shape index (κ3) is 2.28. The van der Waals surface area contributed by atoms with E-state index in [0.29, 0.717) is 12.2 Å². The Kier molecular flexibility index (Phi) is 3.10. The molecule has 4 heteroatoms. The second-order valence-corrected chi connectivity index (χ2v) is 3.64. The number of benzene rings is 1. The van der Waals surface area contributed by atoms with Gasteiger partial charge in [0.2, 0.25) is 0 Å². The van der Waals surface area contributed by atoms with Gasteiger partial charge in [0.05, 0.1) is 19.1 Å². The molecule has 0 unspecified atom stereocenters. The Balaban J connectivity index is 2.56. The summed E-state index contributed by atoms with van der Waals surface area (Å²) in [6, 6.07) is 9.19. The van der Waals surface area contributed by atoms with Crippen LogP contribution in [0.25, 0.3) is 10.9 Å². The highest BCUT2D eigenvalue weighted by atomic mass is 16.5. The normalized spacial score (nSPS) is 10.1. The van der Waals surface area contributed by atoms with Gasteiger partial charge in [-0.3, -0.25) is 4.79 Å². The SMILES string of the molecule is CCOc1ccc2[nH]c(=O)c(CC#N)cc2c1. The monoisotopic (exact) mass is 228 g/mol. The molecular weight excluding hydrogens is 216 g/mol. The molecule has 0 fully saturated rings. The lowest BCUT2D eigenvalue weighted by atomic mass is 10.1. The van der Waals surface area contributed by atoms with Gasteiger partial charge in [-0.2, -0.15) is 5.26 Å². The zero-order valence-electron chi connectivity index (χ0n) is 9.49. The van der Waals surface area contributed by atoms with Gasteiger partial charge in [0.1, 0.15) is 5.75 Å². The van der Waals surface area contributed by atoms with Crippen molar-refractivity contribution in [3.05, 3.63) is 40.2 Å². The van der Waals surface area contributed by atoms with Crippen molar-refractivity contribution in [1.82, 2.24) is 4.98 Å². The molecule has 1 heterocycles. The van der Waals surface area contributed by atoms with Crippen LogP contribution in [0.1, 0.15) is 12.5 Å². The number of aromatic amines is 1. The van der Waals surface area contributed by atoms with Gasteiger partial charge in [0, 0.05) is 16.5 Å². The van der Waals surface area contributed by atoms with Crippen molar-refractivity contribution in [2.75, 3.05) is 6.61 Å². The van der Waals surface area contributed by atoms with E-state index in [2.05, 4.69) is 4.98 Å². The van der Waals surface area contributed by atoms with E-state index in [9.17, 15) is 4.79 Å². The van der Waals surface area contributed by atoms with Crippen molar-refractivity contribution < 1.29 is 4.74 Å². The minimum Gasteiger partial charge on any atom is -0.494 e. The molecule has 0 bridgehead atoms. The zero-order valence-corrected chi connectivity index (χ0v) is 9.49. The number of H-pyrrole nitrogens is 1. The lowest BCUT2D eigenvalue weighted by molar-refractivity contribution is 0.340. The second kappa shape index (κ2) is 4.71. The smallest absolute Gasteiger partial charge is 0.252 e. The van der Waals surface area contributed by atoms with E-state index in [0.717, 1.165) is 16.7 Å². The summed E-state index contributed by atoms with van der Waals surface area (Å²) in [6.45, 7) is 2.51. The third-order valence-electron chi connectivity index (χ3n) is 2.47. The average molecular weight is 228 g/mol. The van der Waals surface area contributed by atoms with Gasteiger partial charge in [-0.05, 0) is 31.2 Å². The summed E-state index contributed by atoms with van der Waals surface area (Å²) >= 11 is 0. The fourth-order valence-corrected chi connectivity index (χ4v) is 1.70. The maximum absolute atomic E-state index is 11.6. The number of rotatable bonds is 3. The molecule has 86 valence electrons. The first-order chi connectivity index (χ1) is 8.24. The predicted molar refractivity (Wildman–Crippen MR) is 65.1 cm³/mol.